The first-order valence-electron chi connectivity index (χ1n) is 4.73. The van der Waals surface area contributed by atoms with Crippen LogP contribution < -0.4 is 20.4 Å². The van der Waals surface area contributed by atoms with Crippen LogP contribution in [0, 0.1) is 0 Å². The molecule has 0 bridgehead atoms. The Balaban J connectivity index is 2.52. The van der Waals surface area contributed by atoms with Gasteiger partial charge in [0, 0.05) is 13.1 Å². The molecule has 0 radical (unpaired) electrons. The number of benzene rings is 1. The summed E-state index contributed by atoms with van der Waals surface area (Å²) in [5.41, 5.74) is 6.81. The van der Waals surface area contributed by atoms with E-state index in [1.807, 2.05) is 0 Å². The molecular weight excluding hydrogens is 210 g/mol. The maximum Gasteiger partial charge on any atom is 0.271 e. The van der Waals surface area contributed by atoms with Crippen LogP contribution in [0.25, 0.3) is 0 Å². The van der Waals surface area contributed by atoms with Gasteiger partial charge in [-0.15, -0.1) is 5.53 Å². The van der Waals surface area contributed by atoms with Crippen molar-refractivity contribution in [3.8, 4) is 11.5 Å². The molecule has 0 spiro atoms. The predicted octanol–water partition coefficient (Wildman–Crippen LogP) is 0.621. The van der Waals surface area contributed by atoms with Crippen LogP contribution in [0.5, 0.6) is 11.5 Å². The molecule has 1 heterocycles. The molecule has 0 fully saturated rings. The van der Waals surface area contributed by atoms with E-state index in [0.717, 1.165) is 0 Å². The lowest BCUT2D eigenvalue weighted by atomic mass is 10.1. The van der Waals surface area contributed by atoms with Gasteiger partial charge in [-0.1, -0.05) is 0 Å². The van der Waals surface area contributed by atoms with Gasteiger partial charge in [0.05, 0.1) is 25.5 Å². The molecule has 2 rings (SSSR count). The number of fused-ring (bicyclic) bond motifs is 1. The number of nitrogens with one attached hydrogen (secondary N) is 2. The van der Waals surface area contributed by atoms with Gasteiger partial charge in [-0.05, 0) is 6.07 Å². The largest absolute Gasteiger partial charge is 0.493 e. The third-order valence-corrected chi connectivity index (χ3v) is 2.42. The van der Waals surface area contributed by atoms with Crippen molar-refractivity contribution in [2.45, 2.75) is 0 Å². The third kappa shape index (κ3) is 1.53. The number of anilines is 1. The van der Waals surface area contributed by atoms with E-state index in [0.29, 0.717) is 22.7 Å². The maximum absolute atomic E-state index is 11.8. The summed E-state index contributed by atoms with van der Waals surface area (Å²) in [6.45, 7) is 0. The first kappa shape index (κ1) is 10.6. The van der Waals surface area contributed by atoms with Gasteiger partial charge in [0.15, 0.2) is 11.5 Å². The Hall–Kier alpha value is -1.95. The lowest BCUT2D eigenvalue weighted by Gasteiger charge is -2.27. The molecule has 0 saturated heterocycles. The van der Waals surface area contributed by atoms with Crippen molar-refractivity contribution >= 4 is 11.6 Å². The topological polar surface area (TPSA) is 62.8 Å². The molecule has 0 aliphatic carbocycles. The number of carbonyl (C=O) groups is 1. The molecule has 0 unspecified atom stereocenters. The molecule has 0 atom stereocenters. The number of hydrogen-bond donors (Lipinski definition) is 2. The standard InChI is InChI=1S/C10H13N3O3/c1-13-10(14)6-4-8(15-2)9(16-3)5-7(6)11-12-13/h4-5,11-12H,1-3H3. The average molecular weight is 223 g/mol. The summed E-state index contributed by atoms with van der Waals surface area (Å²) in [5, 5.41) is 1.36. The Morgan fingerprint density at radius 1 is 1.19 bits per heavy atom. The van der Waals surface area contributed by atoms with Crippen molar-refractivity contribution < 1.29 is 14.3 Å². The van der Waals surface area contributed by atoms with Crippen molar-refractivity contribution in [3.63, 3.8) is 0 Å². The van der Waals surface area contributed by atoms with Gasteiger partial charge in [-0.25, -0.2) is 0 Å². The van der Waals surface area contributed by atoms with Gasteiger partial charge in [0.2, 0.25) is 0 Å². The lowest BCUT2D eigenvalue weighted by molar-refractivity contribution is 0.0719. The SMILES string of the molecule is COc1cc2c(cc1OC)C(=O)N(C)NN2. The first-order valence-corrected chi connectivity index (χ1v) is 4.73. The summed E-state index contributed by atoms with van der Waals surface area (Å²) in [6.07, 6.45) is 0. The van der Waals surface area contributed by atoms with Crippen molar-refractivity contribution in [1.82, 2.24) is 10.5 Å². The Labute approximate surface area is 93.1 Å². The van der Waals surface area contributed by atoms with Crippen molar-refractivity contribution in [3.05, 3.63) is 17.7 Å². The summed E-state index contributed by atoms with van der Waals surface area (Å²) in [4.78, 5) is 11.8. The molecule has 1 aromatic rings. The van der Waals surface area contributed by atoms with Crippen molar-refractivity contribution in [2.75, 3.05) is 26.7 Å². The Bertz CT molecular complexity index is 434. The van der Waals surface area contributed by atoms with E-state index in [9.17, 15) is 4.79 Å². The Morgan fingerprint density at radius 3 is 2.44 bits per heavy atom. The summed E-state index contributed by atoms with van der Waals surface area (Å²) in [6, 6.07) is 3.37. The quantitative estimate of drug-likeness (QED) is 0.769. The van der Waals surface area contributed by atoms with Crippen LogP contribution >= 0.6 is 0 Å². The fourth-order valence-corrected chi connectivity index (χ4v) is 1.53. The van der Waals surface area contributed by atoms with Gasteiger partial charge in [-0.3, -0.25) is 9.80 Å². The molecule has 1 amide bonds. The predicted molar refractivity (Wildman–Crippen MR) is 58.4 cm³/mol. The van der Waals surface area contributed by atoms with Crippen LogP contribution in [0.3, 0.4) is 0 Å². The van der Waals surface area contributed by atoms with E-state index in [1.54, 1.807) is 26.3 Å². The van der Waals surface area contributed by atoms with Crippen LogP contribution in [-0.4, -0.2) is 32.2 Å². The average Bonchev–Trinajstić information content (AvgIpc) is 2.32. The number of carbonyl (C=O) groups excluding carboxylic acids is 1. The fourth-order valence-electron chi connectivity index (χ4n) is 1.53. The number of rotatable bonds is 2. The highest BCUT2D eigenvalue weighted by atomic mass is 16.5. The second-order valence-electron chi connectivity index (χ2n) is 3.35. The summed E-state index contributed by atoms with van der Waals surface area (Å²) in [5.74, 6) is 0.981. The fraction of sp³-hybridized carbons (Fsp3) is 0.300. The van der Waals surface area contributed by atoms with Crippen LogP contribution in [0.1, 0.15) is 10.4 Å². The molecule has 1 aliphatic heterocycles. The second-order valence-corrected chi connectivity index (χ2v) is 3.35. The number of methoxy groups -OCH3 is 2. The van der Waals surface area contributed by atoms with Crippen LogP contribution in [0.2, 0.25) is 0 Å². The highest BCUT2D eigenvalue weighted by molar-refractivity contribution is 6.01. The van der Waals surface area contributed by atoms with E-state index in [2.05, 4.69) is 11.0 Å². The van der Waals surface area contributed by atoms with Gasteiger partial charge in [0.25, 0.3) is 5.91 Å². The minimum atomic E-state index is -0.130. The number of hydrogen-bond acceptors (Lipinski definition) is 5. The van der Waals surface area contributed by atoms with E-state index < -0.39 is 0 Å². The Morgan fingerprint density at radius 2 is 1.81 bits per heavy atom. The molecule has 1 aliphatic rings. The maximum atomic E-state index is 11.8. The molecular formula is C10H13N3O3. The zero-order chi connectivity index (χ0) is 11.7. The molecule has 1 aromatic carbocycles. The lowest BCUT2D eigenvalue weighted by Crippen LogP contribution is -2.47. The third-order valence-electron chi connectivity index (χ3n) is 2.42. The van der Waals surface area contributed by atoms with E-state index >= 15 is 0 Å². The number of nitrogens with zero attached hydrogens (tertiary/aromatic N) is 1. The smallest absolute Gasteiger partial charge is 0.271 e. The molecule has 16 heavy (non-hydrogen) atoms. The highest BCUT2D eigenvalue weighted by Crippen LogP contribution is 2.34. The van der Waals surface area contributed by atoms with Gasteiger partial charge < -0.3 is 14.9 Å². The molecule has 2 N–H and O–H groups in total. The Kier molecular flexibility index (Phi) is 2.57. The minimum Gasteiger partial charge on any atom is -0.493 e. The van der Waals surface area contributed by atoms with E-state index in [-0.39, 0.29) is 5.91 Å². The molecule has 0 aromatic heterocycles. The summed E-state index contributed by atoms with van der Waals surface area (Å²) < 4.78 is 10.3. The number of hydrazine groups is 2. The van der Waals surface area contributed by atoms with Crippen molar-refractivity contribution in [2.24, 2.45) is 0 Å². The minimum absolute atomic E-state index is 0.130. The van der Waals surface area contributed by atoms with Crippen LogP contribution in [-0.2, 0) is 0 Å². The van der Waals surface area contributed by atoms with Crippen molar-refractivity contribution in [1.29, 1.82) is 0 Å². The zero-order valence-corrected chi connectivity index (χ0v) is 9.33. The molecule has 6 heteroatoms. The van der Waals surface area contributed by atoms with Gasteiger partial charge >= 0.3 is 0 Å². The van der Waals surface area contributed by atoms with Crippen LogP contribution in [0.15, 0.2) is 12.1 Å². The van der Waals surface area contributed by atoms with Crippen LogP contribution in [0.4, 0.5) is 5.69 Å². The number of ether oxygens (including phenoxy) is 2. The second kappa shape index (κ2) is 3.90. The molecule has 86 valence electrons. The van der Waals surface area contributed by atoms with E-state index in [4.69, 9.17) is 9.47 Å². The molecule has 0 saturated carbocycles. The zero-order valence-electron chi connectivity index (χ0n) is 9.33. The summed E-state index contributed by atoms with van der Waals surface area (Å²) in [7, 11) is 4.72. The summed E-state index contributed by atoms with van der Waals surface area (Å²) >= 11 is 0. The normalized spacial score (nSPS) is 14.2. The van der Waals surface area contributed by atoms with Gasteiger partial charge in [-0.2, -0.15) is 0 Å². The van der Waals surface area contributed by atoms with E-state index in [1.165, 1.54) is 12.1 Å². The monoisotopic (exact) mass is 223 g/mol. The number of amides is 1. The highest BCUT2D eigenvalue weighted by Gasteiger charge is 2.23. The molecule has 6 nitrogen and oxygen atoms in total. The first-order chi connectivity index (χ1) is 7.67. The van der Waals surface area contributed by atoms with Gasteiger partial charge in [0.1, 0.15) is 0 Å².